The molecule has 0 aromatic carbocycles. The van der Waals surface area contributed by atoms with E-state index >= 15 is 0 Å². The molecule has 2 atom stereocenters. The Labute approximate surface area is 183 Å². The molecule has 0 spiro atoms. The van der Waals surface area contributed by atoms with Gasteiger partial charge in [-0.15, -0.1) is 0 Å². The molecule has 0 amide bonds. The predicted octanol–water partition coefficient (Wildman–Crippen LogP) is 2.85. The summed E-state index contributed by atoms with van der Waals surface area (Å²) in [7, 11) is 0. The predicted molar refractivity (Wildman–Crippen MR) is 131 cm³/mol. The first kappa shape index (κ1) is 24.1. The van der Waals surface area contributed by atoms with E-state index in [1.54, 1.807) is 11.8 Å². The van der Waals surface area contributed by atoms with Gasteiger partial charge in [0.25, 0.3) is 0 Å². The van der Waals surface area contributed by atoms with Crippen molar-refractivity contribution < 1.29 is 0 Å². The van der Waals surface area contributed by atoms with E-state index in [0.29, 0.717) is 15.7 Å². The molecular weight excluding hydrogens is 451 g/mol. The number of thiol groups is 3. The van der Waals surface area contributed by atoms with Gasteiger partial charge in [0.15, 0.2) is 5.16 Å². The summed E-state index contributed by atoms with van der Waals surface area (Å²) < 4.78 is 0. The van der Waals surface area contributed by atoms with Gasteiger partial charge < -0.3 is 11.5 Å². The molecule has 0 radical (unpaired) electrons. The van der Waals surface area contributed by atoms with Gasteiger partial charge in [-0.3, -0.25) is 0 Å². The Balaban J connectivity index is 2.44. The first-order valence-corrected chi connectivity index (χ1v) is 13.8. The largest absolute Gasteiger partial charge is 0.368 e. The van der Waals surface area contributed by atoms with Crippen LogP contribution in [0.5, 0.6) is 0 Å². The molecule has 12 heteroatoms. The Bertz CT molecular complexity index is 462. The van der Waals surface area contributed by atoms with E-state index in [1.165, 1.54) is 0 Å². The third-order valence-corrected chi connectivity index (χ3v) is 9.90. The third kappa shape index (κ3) is 11.5. The molecule has 0 saturated carbocycles. The Morgan fingerprint density at radius 3 is 1.92 bits per heavy atom. The smallest absolute Gasteiger partial charge is 0.225 e. The molecule has 0 bridgehead atoms. The minimum Gasteiger partial charge on any atom is -0.368 e. The number of hydrogen-bond acceptors (Lipinski definition) is 12. The topological polar surface area (TPSA) is 90.7 Å². The van der Waals surface area contributed by atoms with E-state index in [0.717, 1.165) is 46.0 Å². The Hall–Kier alpha value is 1.06. The highest BCUT2D eigenvalue weighted by atomic mass is 32.2. The standard InChI is InChI=1S/C13H25N5S7/c14-11-16-12(15)18-13(17-11)25-8-10(24-4-2-20)7-22-6-9(5-21)23-3-1-19/h9-10,19-21H,1-8H2,(H4,14,15,16,17,18). The molecule has 5 nitrogen and oxygen atoms in total. The number of hydrogen-bond donors (Lipinski definition) is 5. The molecule has 1 aromatic heterocycles. The second-order valence-corrected chi connectivity index (χ2v) is 10.9. The maximum absolute atomic E-state index is 5.62. The molecule has 4 N–H and O–H groups in total. The maximum atomic E-state index is 5.62. The van der Waals surface area contributed by atoms with Crippen molar-refractivity contribution >= 4 is 96.8 Å². The van der Waals surface area contributed by atoms with E-state index in [-0.39, 0.29) is 11.9 Å². The van der Waals surface area contributed by atoms with Crippen LogP contribution in [0.15, 0.2) is 5.16 Å². The van der Waals surface area contributed by atoms with Gasteiger partial charge in [0, 0.05) is 45.0 Å². The molecule has 0 aliphatic rings. The molecular formula is C13H25N5S7. The number of nitrogens with zero attached hydrogens (tertiary/aromatic N) is 3. The van der Waals surface area contributed by atoms with Crippen LogP contribution >= 0.6 is 84.9 Å². The van der Waals surface area contributed by atoms with Crippen LogP contribution in [0.25, 0.3) is 0 Å². The van der Waals surface area contributed by atoms with Crippen molar-refractivity contribution in [2.45, 2.75) is 15.7 Å². The SMILES string of the molecule is Nc1nc(N)nc(SCC(CSCC(CS)SCCS)SCCS)n1. The summed E-state index contributed by atoms with van der Waals surface area (Å²) >= 11 is 20.5. The Morgan fingerprint density at radius 2 is 1.36 bits per heavy atom. The molecule has 1 rings (SSSR count). The summed E-state index contributed by atoms with van der Waals surface area (Å²) in [6, 6.07) is 0. The summed E-state index contributed by atoms with van der Waals surface area (Å²) in [6.45, 7) is 0. The zero-order valence-corrected chi connectivity index (χ0v) is 19.7. The van der Waals surface area contributed by atoms with Crippen LogP contribution in [0.4, 0.5) is 11.9 Å². The fourth-order valence-electron chi connectivity index (χ4n) is 1.69. The second-order valence-electron chi connectivity index (χ2n) is 4.80. The number of nitrogen functional groups attached to an aromatic ring is 2. The number of anilines is 2. The van der Waals surface area contributed by atoms with Gasteiger partial charge in [-0.05, 0) is 11.5 Å². The zero-order chi connectivity index (χ0) is 18.5. The zero-order valence-electron chi connectivity index (χ0n) is 13.8. The van der Waals surface area contributed by atoms with Crippen LogP contribution in [0, 0.1) is 0 Å². The summed E-state index contributed by atoms with van der Waals surface area (Å²) in [5.41, 5.74) is 11.2. The van der Waals surface area contributed by atoms with Crippen molar-refractivity contribution in [2.24, 2.45) is 0 Å². The Morgan fingerprint density at radius 1 is 0.800 bits per heavy atom. The molecule has 25 heavy (non-hydrogen) atoms. The summed E-state index contributed by atoms with van der Waals surface area (Å²) in [4.78, 5) is 12.1. The van der Waals surface area contributed by atoms with Crippen molar-refractivity contribution in [3.8, 4) is 0 Å². The minimum absolute atomic E-state index is 0.168. The van der Waals surface area contributed by atoms with Crippen molar-refractivity contribution in [3.05, 3.63) is 0 Å². The van der Waals surface area contributed by atoms with Crippen LogP contribution in [0.3, 0.4) is 0 Å². The van der Waals surface area contributed by atoms with E-state index in [4.69, 9.17) is 11.5 Å². The van der Waals surface area contributed by atoms with Crippen molar-refractivity contribution in [2.75, 3.05) is 57.5 Å². The average molecular weight is 476 g/mol. The molecule has 1 aromatic rings. The van der Waals surface area contributed by atoms with E-state index in [1.807, 2.05) is 35.3 Å². The fourth-order valence-corrected chi connectivity index (χ4v) is 7.68. The average Bonchev–Trinajstić information content (AvgIpc) is 2.58. The summed E-state index contributed by atoms with van der Waals surface area (Å²) in [5, 5.41) is 1.66. The van der Waals surface area contributed by atoms with Gasteiger partial charge in [0.1, 0.15) is 0 Å². The first-order chi connectivity index (χ1) is 12.1. The lowest BCUT2D eigenvalue weighted by atomic mass is 10.5. The summed E-state index contributed by atoms with van der Waals surface area (Å²) in [6.07, 6.45) is 0. The van der Waals surface area contributed by atoms with Gasteiger partial charge in [-0.2, -0.15) is 88.1 Å². The van der Waals surface area contributed by atoms with Crippen molar-refractivity contribution in [3.63, 3.8) is 0 Å². The monoisotopic (exact) mass is 475 g/mol. The lowest BCUT2D eigenvalue weighted by Crippen LogP contribution is -2.16. The van der Waals surface area contributed by atoms with Crippen LogP contribution in [0.1, 0.15) is 0 Å². The fraction of sp³-hybridized carbons (Fsp3) is 0.769. The molecule has 144 valence electrons. The number of thioether (sulfide) groups is 4. The molecule has 0 fully saturated rings. The van der Waals surface area contributed by atoms with E-state index in [2.05, 4.69) is 52.8 Å². The number of aromatic nitrogens is 3. The lowest BCUT2D eigenvalue weighted by molar-refractivity contribution is 0.927. The molecule has 0 saturated heterocycles. The highest BCUT2D eigenvalue weighted by Crippen LogP contribution is 2.26. The third-order valence-electron chi connectivity index (χ3n) is 2.75. The van der Waals surface area contributed by atoms with Crippen LogP contribution in [-0.2, 0) is 0 Å². The van der Waals surface area contributed by atoms with Gasteiger partial charge in [0.05, 0.1) is 0 Å². The number of nitrogens with two attached hydrogens (primary N) is 2. The van der Waals surface area contributed by atoms with Gasteiger partial charge in [0.2, 0.25) is 11.9 Å². The van der Waals surface area contributed by atoms with Crippen molar-refractivity contribution in [1.29, 1.82) is 0 Å². The van der Waals surface area contributed by atoms with Gasteiger partial charge in [-0.1, -0.05) is 11.8 Å². The highest BCUT2D eigenvalue weighted by Gasteiger charge is 2.14. The van der Waals surface area contributed by atoms with Gasteiger partial charge in [-0.25, -0.2) is 0 Å². The minimum atomic E-state index is 0.168. The lowest BCUT2D eigenvalue weighted by Gasteiger charge is -2.18. The molecule has 0 aliphatic carbocycles. The van der Waals surface area contributed by atoms with E-state index < -0.39 is 0 Å². The normalized spacial score (nSPS) is 13.7. The first-order valence-electron chi connectivity index (χ1n) is 7.62. The van der Waals surface area contributed by atoms with Crippen LogP contribution in [0.2, 0.25) is 0 Å². The molecule has 1 heterocycles. The van der Waals surface area contributed by atoms with E-state index in [9.17, 15) is 0 Å². The Kier molecular flexibility index (Phi) is 14.5. The molecule has 2 unspecified atom stereocenters. The maximum Gasteiger partial charge on any atom is 0.225 e. The second kappa shape index (κ2) is 15.0. The quantitative estimate of drug-likeness (QED) is 0.206. The highest BCUT2D eigenvalue weighted by molar-refractivity contribution is 8.06. The van der Waals surface area contributed by atoms with Crippen LogP contribution in [-0.4, -0.2) is 71.5 Å². The molecule has 0 aliphatic heterocycles. The van der Waals surface area contributed by atoms with Crippen LogP contribution < -0.4 is 11.5 Å². The van der Waals surface area contributed by atoms with Gasteiger partial charge >= 0.3 is 0 Å². The number of rotatable bonds is 14. The van der Waals surface area contributed by atoms with Crippen molar-refractivity contribution in [1.82, 2.24) is 15.0 Å². The summed E-state index contributed by atoms with van der Waals surface area (Å²) in [5.74, 6) is 8.22.